The lowest BCUT2D eigenvalue weighted by molar-refractivity contribution is 0.144. The molecule has 1 aliphatic rings. The molecule has 0 aliphatic carbocycles. The zero-order valence-corrected chi connectivity index (χ0v) is 15.2. The van der Waals surface area contributed by atoms with Crippen LogP contribution in [0.4, 0.5) is 16.0 Å². The highest BCUT2D eigenvalue weighted by molar-refractivity contribution is 6.31. The van der Waals surface area contributed by atoms with Crippen LogP contribution in [0.2, 0.25) is 0 Å². The summed E-state index contributed by atoms with van der Waals surface area (Å²) in [6.07, 6.45) is 6.67. The molecule has 2 heterocycles. The van der Waals surface area contributed by atoms with E-state index in [0.717, 1.165) is 11.1 Å². The molecule has 136 valence electrons. The number of methoxy groups -OCH3 is 1. The van der Waals surface area contributed by atoms with Gasteiger partial charge in [0.2, 0.25) is 5.95 Å². The highest BCUT2D eigenvalue weighted by Gasteiger charge is 2.19. The molecule has 0 saturated carbocycles. The van der Waals surface area contributed by atoms with E-state index in [9.17, 15) is 4.39 Å². The van der Waals surface area contributed by atoms with Gasteiger partial charge in [-0.3, -0.25) is 0 Å². The Kier molecular flexibility index (Phi) is 4.51. The Labute approximate surface area is 160 Å². The number of allylic oxidation sites excluding steroid dienone is 2. The second-order valence-electron chi connectivity index (χ2n) is 6.07. The zero-order chi connectivity index (χ0) is 19.0. The molecule has 1 unspecified atom stereocenters. The Bertz CT molecular complexity index is 1080. The molecule has 2 N–H and O–H groups in total. The van der Waals surface area contributed by atoms with Crippen LogP contribution in [0.25, 0.3) is 22.0 Å². The third kappa shape index (κ3) is 3.37. The Hall–Kier alpha value is -2.96. The second-order valence-corrected chi connectivity index (χ2v) is 6.51. The minimum Gasteiger partial charge on any atom is -0.368 e. The van der Waals surface area contributed by atoms with Crippen LogP contribution < -0.4 is 10.6 Å². The van der Waals surface area contributed by atoms with Crippen molar-refractivity contribution in [2.45, 2.75) is 6.23 Å². The molecule has 27 heavy (non-hydrogen) atoms. The van der Waals surface area contributed by atoms with Crippen LogP contribution in [0.5, 0.6) is 0 Å². The van der Waals surface area contributed by atoms with Gasteiger partial charge in [0.15, 0.2) is 6.23 Å². The number of fused-ring (bicyclic) bond motifs is 1. The van der Waals surface area contributed by atoms with Crippen LogP contribution in [0.3, 0.4) is 0 Å². The van der Waals surface area contributed by atoms with Gasteiger partial charge in [-0.15, -0.1) is 0 Å². The maximum Gasteiger partial charge on any atom is 0.220 e. The summed E-state index contributed by atoms with van der Waals surface area (Å²) < 4.78 is 20.1. The quantitative estimate of drug-likeness (QED) is 0.725. The lowest BCUT2D eigenvalue weighted by Crippen LogP contribution is -2.32. The molecule has 0 radical (unpaired) electrons. The van der Waals surface area contributed by atoms with E-state index in [1.807, 2.05) is 23.1 Å². The van der Waals surface area contributed by atoms with E-state index in [1.54, 1.807) is 43.8 Å². The first-order chi connectivity index (χ1) is 13.0. The maximum atomic E-state index is 14.6. The molecule has 0 fully saturated rings. The number of rotatable bonds is 3. The molecule has 2 aromatic carbocycles. The van der Waals surface area contributed by atoms with Crippen molar-refractivity contribution in [3.8, 4) is 11.1 Å². The molecule has 1 aliphatic heterocycles. The molecule has 0 saturated heterocycles. The smallest absolute Gasteiger partial charge is 0.220 e. The second kappa shape index (κ2) is 6.98. The summed E-state index contributed by atoms with van der Waals surface area (Å²) in [6, 6.07) is 10.3. The number of nitrogens with two attached hydrogens (primary N) is 1. The molecule has 7 heteroatoms. The van der Waals surface area contributed by atoms with Crippen molar-refractivity contribution in [3.63, 3.8) is 0 Å². The molecule has 0 spiro atoms. The standard InChI is InChI=1S/C20H16ClFN4O/c1-27-19-7-3-14(21)11-26(19)15-4-5-17(22)16(9-15)12-2-6-18-13(8-12)10-24-20(23)25-18/h2-11,19H,1H3,(H2,23,24,25). The first-order valence-corrected chi connectivity index (χ1v) is 8.62. The Balaban J connectivity index is 1.79. The number of nitrogens with zero attached hydrogens (tertiary/aromatic N) is 3. The number of anilines is 2. The van der Waals surface area contributed by atoms with Gasteiger partial charge >= 0.3 is 0 Å². The van der Waals surface area contributed by atoms with Crippen LogP contribution in [-0.4, -0.2) is 23.3 Å². The fourth-order valence-corrected chi connectivity index (χ4v) is 3.22. The molecule has 1 atom stereocenters. The summed E-state index contributed by atoms with van der Waals surface area (Å²) in [5.41, 5.74) is 8.25. The number of hydrogen-bond donors (Lipinski definition) is 1. The summed E-state index contributed by atoms with van der Waals surface area (Å²) in [4.78, 5) is 10.0. The van der Waals surface area contributed by atoms with Crippen LogP contribution in [0, 0.1) is 5.82 Å². The summed E-state index contributed by atoms with van der Waals surface area (Å²) in [6.45, 7) is 0. The first kappa shape index (κ1) is 17.5. The SMILES string of the molecule is COC1C=CC(Cl)=CN1c1ccc(F)c(-c2ccc3nc(N)ncc3c2)c1. The van der Waals surface area contributed by atoms with Crippen molar-refractivity contribution in [2.24, 2.45) is 0 Å². The molecule has 4 rings (SSSR count). The van der Waals surface area contributed by atoms with E-state index in [2.05, 4.69) is 9.97 Å². The van der Waals surface area contributed by atoms with Crippen molar-refractivity contribution in [3.05, 3.63) is 71.8 Å². The van der Waals surface area contributed by atoms with Gasteiger partial charge in [-0.25, -0.2) is 14.4 Å². The van der Waals surface area contributed by atoms with Gasteiger partial charge in [-0.1, -0.05) is 17.7 Å². The lowest BCUT2D eigenvalue weighted by Gasteiger charge is -2.30. The Morgan fingerprint density at radius 3 is 2.89 bits per heavy atom. The first-order valence-electron chi connectivity index (χ1n) is 8.24. The summed E-state index contributed by atoms with van der Waals surface area (Å²) >= 11 is 6.13. The van der Waals surface area contributed by atoms with Crippen molar-refractivity contribution in [1.82, 2.24) is 9.97 Å². The van der Waals surface area contributed by atoms with E-state index in [-0.39, 0.29) is 18.0 Å². The van der Waals surface area contributed by atoms with Crippen LogP contribution in [-0.2, 0) is 4.74 Å². The van der Waals surface area contributed by atoms with Crippen LogP contribution in [0.15, 0.2) is 66.0 Å². The van der Waals surface area contributed by atoms with Crippen molar-refractivity contribution in [1.29, 1.82) is 0 Å². The summed E-state index contributed by atoms with van der Waals surface area (Å²) in [5, 5.41) is 1.35. The van der Waals surface area contributed by atoms with E-state index in [0.29, 0.717) is 21.7 Å². The molecule has 0 bridgehead atoms. The van der Waals surface area contributed by atoms with Crippen molar-refractivity contribution >= 4 is 34.1 Å². The molecule has 3 aromatic rings. The van der Waals surface area contributed by atoms with E-state index in [4.69, 9.17) is 22.1 Å². The number of hydrogen-bond acceptors (Lipinski definition) is 5. The van der Waals surface area contributed by atoms with E-state index in [1.165, 1.54) is 6.07 Å². The normalized spacial score (nSPS) is 16.6. The van der Waals surface area contributed by atoms with E-state index < -0.39 is 0 Å². The monoisotopic (exact) mass is 382 g/mol. The minimum atomic E-state index is -0.328. The van der Waals surface area contributed by atoms with Crippen LogP contribution >= 0.6 is 11.6 Å². The summed E-state index contributed by atoms with van der Waals surface area (Å²) in [5.74, 6) is -0.123. The van der Waals surface area contributed by atoms with Gasteiger partial charge in [-0.2, -0.15) is 0 Å². The fourth-order valence-electron chi connectivity index (χ4n) is 3.04. The lowest BCUT2D eigenvalue weighted by atomic mass is 10.0. The molecule has 5 nitrogen and oxygen atoms in total. The van der Waals surface area contributed by atoms with Crippen LogP contribution in [0.1, 0.15) is 0 Å². The molecular weight excluding hydrogens is 367 g/mol. The van der Waals surface area contributed by atoms with Gasteiger partial charge in [0.1, 0.15) is 5.82 Å². The molecule has 0 amide bonds. The predicted molar refractivity (Wildman–Crippen MR) is 106 cm³/mol. The average molecular weight is 383 g/mol. The predicted octanol–water partition coefficient (Wildman–Crippen LogP) is 4.45. The zero-order valence-electron chi connectivity index (χ0n) is 14.4. The maximum absolute atomic E-state index is 14.6. The van der Waals surface area contributed by atoms with Gasteiger partial charge < -0.3 is 15.4 Å². The number of benzene rings is 2. The minimum absolute atomic E-state index is 0.204. The molecular formula is C20H16ClFN4O. The van der Waals surface area contributed by atoms with Crippen molar-refractivity contribution < 1.29 is 9.13 Å². The van der Waals surface area contributed by atoms with Crippen molar-refractivity contribution in [2.75, 3.05) is 17.7 Å². The van der Waals surface area contributed by atoms with Gasteiger partial charge in [0, 0.05) is 36.1 Å². The number of halogens is 2. The average Bonchev–Trinajstić information content (AvgIpc) is 2.68. The number of ether oxygens (including phenoxy) is 1. The van der Waals surface area contributed by atoms with Gasteiger partial charge in [-0.05, 0) is 48.0 Å². The largest absolute Gasteiger partial charge is 0.368 e. The fraction of sp³-hybridized carbons (Fsp3) is 0.100. The van der Waals surface area contributed by atoms with Gasteiger partial charge in [0.05, 0.1) is 10.5 Å². The Morgan fingerprint density at radius 1 is 1.22 bits per heavy atom. The third-order valence-corrected chi connectivity index (χ3v) is 4.58. The number of aromatic nitrogens is 2. The van der Waals surface area contributed by atoms with E-state index >= 15 is 0 Å². The topological polar surface area (TPSA) is 64.3 Å². The Morgan fingerprint density at radius 2 is 2.07 bits per heavy atom. The van der Waals surface area contributed by atoms with Gasteiger partial charge in [0.25, 0.3) is 0 Å². The highest BCUT2D eigenvalue weighted by atomic mass is 35.5. The molecule has 1 aromatic heterocycles. The number of nitrogen functional groups attached to an aromatic ring is 1. The highest BCUT2D eigenvalue weighted by Crippen LogP contribution is 2.32. The third-order valence-electron chi connectivity index (χ3n) is 4.36. The summed E-state index contributed by atoms with van der Waals surface area (Å²) in [7, 11) is 1.61.